The molecule has 1 unspecified atom stereocenters. The lowest BCUT2D eigenvalue weighted by Crippen LogP contribution is -2.26. The number of anilines is 2. The maximum absolute atomic E-state index is 6.26. The highest BCUT2D eigenvalue weighted by molar-refractivity contribution is 6.51. The maximum atomic E-state index is 6.26. The van der Waals surface area contributed by atoms with Crippen molar-refractivity contribution in [1.82, 2.24) is 0 Å². The van der Waals surface area contributed by atoms with E-state index in [1.54, 1.807) is 0 Å². The number of fused-ring (bicyclic) bond motifs is 2. The summed E-state index contributed by atoms with van der Waals surface area (Å²) in [5.74, 6) is 1.69. The average molecular weight is 292 g/mol. The molecule has 0 amide bonds. The van der Waals surface area contributed by atoms with Crippen molar-refractivity contribution in [1.29, 1.82) is 0 Å². The number of rotatable bonds is 1. The lowest BCUT2D eigenvalue weighted by atomic mass is 10.1. The van der Waals surface area contributed by atoms with Gasteiger partial charge in [0, 0.05) is 6.42 Å². The van der Waals surface area contributed by atoms with Crippen LogP contribution in [0.25, 0.3) is 0 Å². The molecule has 0 saturated heterocycles. The Morgan fingerprint density at radius 2 is 1.42 bits per heavy atom. The molecule has 1 fully saturated rings. The van der Waals surface area contributed by atoms with Gasteiger partial charge < -0.3 is 9.64 Å². The quantitative estimate of drug-likeness (QED) is 0.695. The second kappa shape index (κ2) is 3.81. The van der Waals surface area contributed by atoms with Gasteiger partial charge in [0.05, 0.1) is 17.4 Å². The van der Waals surface area contributed by atoms with E-state index in [0.717, 1.165) is 29.3 Å². The van der Waals surface area contributed by atoms with Crippen molar-refractivity contribution in [2.45, 2.75) is 16.8 Å². The topological polar surface area (TPSA) is 12.5 Å². The van der Waals surface area contributed by atoms with Crippen molar-refractivity contribution in [3.8, 4) is 11.5 Å². The predicted octanol–water partition coefficient (Wildman–Crippen LogP) is 4.88. The van der Waals surface area contributed by atoms with E-state index in [1.807, 2.05) is 48.5 Å². The minimum atomic E-state index is -0.669. The summed E-state index contributed by atoms with van der Waals surface area (Å²) in [6.07, 6.45) is 0.763. The lowest BCUT2D eigenvalue weighted by molar-refractivity contribution is 0.472. The van der Waals surface area contributed by atoms with Crippen LogP contribution >= 0.6 is 23.2 Å². The number of nitrogens with zero attached hydrogens (tertiary/aromatic N) is 1. The maximum Gasteiger partial charge on any atom is 0.151 e. The third-order valence-electron chi connectivity index (χ3n) is 3.57. The Labute approximate surface area is 121 Å². The van der Waals surface area contributed by atoms with Gasteiger partial charge in [-0.25, -0.2) is 0 Å². The molecule has 0 N–H and O–H groups in total. The number of ether oxygens (including phenoxy) is 1. The molecule has 1 heterocycles. The van der Waals surface area contributed by atoms with Gasteiger partial charge in [-0.05, 0) is 24.3 Å². The average Bonchev–Trinajstić information content (AvgIpc) is 3.04. The highest BCUT2D eigenvalue weighted by Gasteiger charge is 2.57. The van der Waals surface area contributed by atoms with E-state index in [-0.39, 0.29) is 6.04 Å². The highest BCUT2D eigenvalue weighted by Crippen LogP contribution is 2.58. The SMILES string of the molecule is ClC1(Cl)CC1N1c2ccccc2Oc2ccccc21. The molecule has 0 aromatic heterocycles. The molecule has 96 valence electrons. The zero-order valence-corrected chi connectivity index (χ0v) is 11.5. The van der Waals surface area contributed by atoms with E-state index < -0.39 is 4.33 Å². The monoisotopic (exact) mass is 291 g/mol. The second-order valence-electron chi connectivity index (χ2n) is 4.89. The summed E-state index contributed by atoms with van der Waals surface area (Å²) in [7, 11) is 0. The molecule has 4 heteroatoms. The second-order valence-corrected chi connectivity index (χ2v) is 6.43. The van der Waals surface area contributed by atoms with Gasteiger partial charge in [0.2, 0.25) is 0 Å². The molecule has 19 heavy (non-hydrogen) atoms. The third-order valence-corrected chi connectivity index (χ3v) is 4.39. The summed E-state index contributed by atoms with van der Waals surface area (Å²) in [4.78, 5) is 2.19. The van der Waals surface area contributed by atoms with Crippen LogP contribution in [0.5, 0.6) is 11.5 Å². The Bertz CT molecular complexity index is 611. The molecule has 4 rings (SSSR count). The molecular weight excluding hydrogens is 281 g/mol. The van der Waals surface area contributed by atoms with Gasteiger partial charge in [0.15, 0.2) is 11.5 Å². The Kier molecular flexibility index (Phi) is 2.30. The highest BCUT2D eigenvalue weighted by atomic mass is 35.5. The molecular formula is C15H11Cl2NO. The molecule has 1 aliphatic heterocycles. The van der Waals surface area contributed by atoms with Crippen molar-refractivity contribution < 1.29 is 4.74 Å². The Balaban J connectivity index is 1.89. The molecule has 2 aliphatic rings. The number of benzene rings is 2. The molecule has 0 spiro atoms. The van der Waals surface area contributed by atoms with Gasteiger partial charge in [-0.2, -0.15) is 0 Å². The third kappa shape index (κ3) is 1.71. The van der Waals surface area contributed by atoms with Crippen LogP contribution in [0.3, 0.4) is 0 Å². The normalized spacial score (nSPS) is 22.2. The van der Waals surface area contributed by atoms with Crippen LogP contribution in [-0.2, 0) is 0 Å². The lowest BCUT2D eigenvalue weighted by Gasteiger charge is -2.33. The zero-order valence-electron chi connectivity index (χ0n) is 10.0. The summed E-state index contributed by atoms with van der Waals surface area (Å²) >= 11 is 12.5. The summed E-state index contributed by atoms with van der Waals surface area (Å²) in [5.41, 5.74) is 2.05. The van der Waals surface area contributed by atoms with E-state index in [2.05, 4.69) is 4.90 Å². The van der Waals surface area contributed by atoms with E-state index in [4.69, 9.17) is 27.9 Å². The largest absolute Gasteiger partial charge is 0.453 e. The fourth-order valence-corrected chi connectivity index (χ4v) is 3.04. The molecule has 2 aromatic rings. The fourth-order valence-electron chi connectivity index (χ4n) is 2.55. The van der Waals surface area contributed by atoms with Gasteiger partial charge in [-0.3, -0.25) is 0 Å². The van der Waals surface area contributed by atoms with Crippen molar-refractivity contribution in [3.05, 3.63) is 48.5 Å². The van der Waals surface area contributed by atoms with Gasteiger partial charge in [-0.15, -0.1) is 0 Å². The van der Waals surface area contributed by atoms with Crippen molar-refractivity contribution in [2.75, 3.05) is 4.90 Å². The fraction of sp³-hybridized carbons (Fsp3) is 0.200. The molecule has 0 bridgehead atoms. The van der Waals surface area contributed by atoms with Gasteiger partial charge >= 0.3 is 0 Å². The van der Waals surface area contributed by atoms with Crippen LogP contribution in [0.15, 0.2) is 48.5 Å². The van der Waals surface area contributed by atoms with Crippen LogP contribution in [0, 0.1) is 0 Å². The van der Waals surface area contributed by atoms with E-state index in [1.165, 1.54) is 0 Å². The van der Waals surface area contributed by atoms with Crippen LogP contribution < -0.4 is 9.64 Å². The summed E-state index contributed by atoms with van der Waals surface area (Å²) in [5, 5.41) is 0. The van der Waals surface area contributed by atoms with Gasteiger partial charge in [-0.1, -0.05) is 47.5 Å². The zero-order chi connectivity index (χ0) is 13.0. The minimum Gasteiger partial charge on any atom is -0.453 e. The number of halogens is 2. The first-order valence-electron chi connectivity index (χ1n) is 6.20. The summed E-state index contributed by atoms with van der Waals surface area (Å²) < 4.78 is 5.26. The first-order valence-corrected chi connectivity index (χ1v) is 6.95. The Hall–Kier alpha value is -1.38. The molecule has 1 saturated carbocycles. The standard InChI is InChI=1S/C15H11Cl2NO/c16-15(17)9-14(15)18-10-5-1-3-7-12(10)19-13-8-4-2-6-11(13)18/h1-8,14H,9H2. The Morgan fingerprint density at radius 3 is 1.89 bits per heavy atom. The van der Waals surface area contributed by atoms with Gasteiger partial charge in [0.1, 0.15) is 4.33 Å². The van der Waals surface area contributed by atoms with E-state index in [0.29, 0.717) is 0 Å². The summed E-state index contributed by atoms with van der Waals surface area (Å²) in [6.45, 7) is 0. The van der Waals surface area contributed by atoms with Crippen molar-refractivity contribution in [3.63, 3.8) is 0 Å². The number of hydrogen-bond donors (Lipinski definition) is 0. The van der Waals surface area contributed by atoms with Crippen LogP contribution in [0.4, 0.5) is 11.4 Å². The van der Waals surface area contributed by atoms with E-state index >= 15 is 0 Å². The smallest absolute Gasteiger partial charge is 0.151 e. The number of hydrogen-bond acceptors (Lipinski definition) is 2. The minimum absolute atomic E-state index is 0.0991. The van der Waals surface area contributed by atoms with Gasteiger partial charge in [0.25, 0.3) is 0 Å². The van der Waals surface area contributed by atoms with Crippen molar-refractivity contribution >= 4 is 34.6 Å². The van der Waals surface area contributed by atoms with E-state index in [9.17, 15) is 0 Å². The first-order chi connectivity index (χ1) is 9.17. The first kappa shape index (κ1) is 11.4. The molecule has 0 radical (unpaired) electrons. The molecule has 1 atom stereocenters. The molecule has 1 aliphatic carbocycles. The van der Waals surface area contributed by atoms with Crippen molar-refractivity contribution in [2.24, 2.45) is 0 Å². The predicted molar refractivity (Wildman–Crippen MR) is 77.9 cm³/mol. The molecule has 2 aromatic carbocycles. The Morgan fingerprint density at radius 1 is 0.947 bits per heavy atom. The number of para-hydroxylation sites is 4. The van der Waals surface area contributed by atoms with Crippen LogP contribution in [0.2, 0.25) is 0 Å². The molecule has 2 nitrogen and oxygen atoms in total. The number of alkyl halides is 2. The van der Waals surface area contributed by atoms with Crippen LogP contribution in [0.1, 0.15) is 6.42 Å². The van der Waals surface area contributed by atoms with Crippen LogP contribution in [-0.4, -0.2) is 10.4 Å². The summed E-state index contributed by atoms with van der Waals surface area (Å²) in [6, 6.07) is 16.0.